The van der Waals surface area contributed by atoms with Crippen LogP contribution in [0.4, 0.5) is 8.78 Å². The number of aryl methyl sites for hydroxylation is 2. The number of nitrogens with zero attached hydrogens (tertiary/aromatic N) is 4. The zero-order chi connectivity index (χ0) is 25.3. The van der Waals surface area contributed by atoms with Crippen LogP contribution in [0.5, 0.6) is 5.88 Å². The first kappa shape index (κ1) is 24.7. The van der Waals surface area contributed by atoms with E-state index >= 15 is 0 Å². The van der Waals surface area contributed by atoms with Gasteiger partial charge in [0.1, 0.15) is 34.4 Å². The largest absolute Gasteiger partial charge is 0.472 e. The van der Waals surface area contributed by atoms with Crippen molar-refractivity contribution < 1.29 is 13.5 Å². The molecular formula is C26H23BrF2N4O2. The minimum Gasteiger partial charge on any atom is -0.472 e. The Labute approximate surface area is 209 Å². The summed E-state index contributed by atoms with van der Waals surface area (Å²) in [6, 6.07) is 10.8. The lowest BCUT2D eigenvalue weighted by atomic mass is 10.1. The molecule has 0 saturated carbocycles. The molecule has 2 aromatic heterocycles. The van der Waals surface area contributed by atoms with Gasteiger partial charge in [0.25, 0.3) is 5.56 Å². The summed E-state index contributed by atoms with van der Waals surface area (Å²) >= 11 is 3.28. The fourth-order valence-corrected chi connectivity index (χ4v) is 3.95. The number of benzene rings is 2. The van der Waals surface area contributed by atoms with E-state index in [1.807, 2.05) is 45.0 Å². The van der Waals surface area contributed by atoms with Crippen LogP contribution in [0.2, 0.25) is 0 Å². The van der Waals surface area contributed by atoms with Crippen molar-refractivity contribution in [2.24, 2.45) is 0 Å². The number of rotatable bonds is 6. The van der Waals surface area contributed by atoms with Gasteiger partial charge in [-0.05, 0) is 59.6 Å². The zero-order valence-corrected chi connectivity index (χ0v) is 21.2. The number of aromatic nitrogens is 4. The van der Waals surface area contributed by atoms with Gasteiger partial charge in [0.2, 0.25) is 5.88 Å². The summed E-state index contributed by atoms with van der Waals surface area (Å²) in [7, 11) is 0. The highest BCUT2D eigenvalue weighted by Gasteiger charge is 2.18. The van der Waals surface area contributed by atoms with Crippen LogP contribution in [0.3, 0.4) is 0 Å². The van der Waals surface area contributed by atoms with Crippen molar-refractivity contribution >= 4 is 15.9 Å². The maximum Gasteiger partial charge on any atom is 0.276 e. The predicted molar refractivity (Wildman–Crippen MR) is 133 cm³/mol. The van der Waals surface area contributed by atoms with Crippen LogP contribution in [0.1, 0.15) is 42.5 Å². The van der Waals surface area contributed by atoms with Gasteiger partial charge in [0, 0.05) is 29.3 Å². The van der Waals surface area contributed by atoms with Crippen molar-refractivity contribution in [3.8, 4) is 22.8 Å². The molecule has 4 rings (SSSR count). The quantitative estimate of drug-likeness (QED) is 0.297. The SMILES string of the molecule is Cc1ccc(-c2ccnc(C(C)C)n2)cc1-n1c(C)nc(OCc2ccc(F)cc2F)c(Br)c1=O. The van der Waals surface area contributed by atoms with Gasteiger partial charge < -0.3 is 4.74 Å². The number of hydrogen-bond acceptors (Lipinski definition) is 5. The lowest BCUT2D eigenvalue weighted by molar-refractivity contribution is 0.283. The molecule has 0 amide bonds. The second kappa shape index (κ2) is 10.0. The average molecular weight is 541 g/mol. The van der Waals surface area contributed by atoms with Crippen LogP contribution in [0, 0.1) is 25.5 Å². The predicted octanol–water partition coefficient (Wildman–Crippen LogP) is 6.05. The lowest BCUT2D eigenvalue weighted by Crippen LogP contribution is -2.24. The van der Waals surface area contributed by atoms with Crippen LogP contribution in [0.15, 0.2) is 57.9 Å². The van der Waals surface area contributed by atoms with Crippen LogP contribution < -0.4 is 10.3 Å². The lowest BCUT2D eigenvalue weighted by Gasteiger charge is -2.16. The van der Waals surface area contributed by atoms with Crippen molar-refractivity contribution in [3.05, 3.63) is 97.9 Å². The highest BCUT2D eigenvalue weighted by Crippen LogP contribution is 2.27. The van der Waals surface area contributed by atoms with Gasteiger partial charge in [0.15, 0.2) is 0 Å². The Morgan fingerprint density at radius 3 is 2.54 bits per heavy atom. The highest BCUT2D eigenvalue weighted by atomic mass is 79.9. The molecule has 0 aliphatic carbocycles. The van der Waals surface area contributed by atoms with E-state index in [4.69, 9.17) is 4.74 Å². The summed E-state index contributed by atoms with van der Waals surface area (Å²) in [6.07, 6.45) is 1.73. The molecule has 2 aromatic carbocycles. The third-order valence-corrected chi connectivity index (χ3v) is 6.16. The van der Waals surface area contributed by atoms with Gasteiger partial charge in [-0.2, -0.15) is 4.98 Å². The van der Waals surface area contributed by atoms with Crippen molar-refractivity contribution in [1.82, 2.24) is 19.5 Å². The number of halogens is 3. The molecule has 4 aromatic rings. The number of hydrogen-bond donors (Lipinski definition) is 0. The van der Waals surface area contributed by atoms with E-state index in [-0.39, 0.29) is 34.0 Å². The van der Waals surface area contributed by atoms with Crippen LogP contribution >= 0.6 is 15.9 Å². The molecule has 180 valence electrons. The Balaban J connectivity index is 1.71. The molecule has 0 saturated heterocycles. The molecule has 0 radical (unpaired) electrons. The zero-order valence-electron chi connectivity index (χ0n) is 19.6. The van der Waals surface area contributed by atoms with E-state index in [1.165, 1.54) is 10.6 Å². The molecule has 0 fully saturated rings. The molecule has 0 spiro atoms. The van der Waals surface area contributed by atoms with E-state index in [0.717, 1.165) is 34.8 Å². The standard InChI is InChI=1S/C26H23BrF2N4O2/c1-14(2)24-30-10-9-21(32-24)17-6-5-15(3)22(11-17)33-16(4)31-25(23(27)26(33)34)35-13-18-7-8-19(28)12-20(18)29/h5-12,14H,13H2,1-4H3. The van der Waals surface area contributed by atoms with E-state index in [9.17, 15) is 13.6 Å². The van der Waals surface area contributed by atoms with Crippen LogP contribution in [-0.2, 0) is 6.61 Å². The van der Waals surface area contributed by atoms with Gasteiger partial charge >= 0.3 is 0 Å². The Hall–Kier alpha value is -3.46. The van der Waals surface area contributed by atoms with Crippen molar-refractivity contribution in [1.29, 1.82) is 0 Å². The van der Waals surface area contributed by atoms with Crippen LogP contribution in [0.25, 0.3) is 16.9 Å². The van der Waals surface area contributed by atoms with Gasteiger partial charge in [-0.1, -0.05) is 26.0 Å². The van der Waals surface area contributed by atoms with Gasteiger partial charge in [-0.25, -0.2) is 18.7 Å². The third kappa shape index (κ3) is 5.14. The molecule has 0 aliphatic heterocycles. The van der Waals surface area contributed by atoms with Crippen molar-refractivity contribution in [2.75, 3.05) is 0 Å². The molecular weight excluding hydrogens is 518 g/mol. The smallest absolute Gasteiger partial charge is 0.276 e. The van der Waals surface area contributed by atoms with Crippen LogP contribution in [-0.4, -0.2) is 19.5 Å². The highest BCUT2D eigenvalue weighted by molar-refractivity contribution is 9.10. The first-order valence-corrected chi connectivity index (χ1v) is 11.7. The van der Waals surface area contributed by atoms with E-state index in [2.05, 4.69) is 30.9 Å². The minimum absolute atomic E-state index is 0.0265. The summed E-state index contributed by atoms with van der Waals surface area (Å²) in [5, 5.41) is 0. The molecule has 0 aliphatic rings. The van der Waals surface area contributed by atoms with Crippen molar-refractivity contribution in [2.45, 2.75) is 40.2 Å². The molecule has 0 atom stereocenters. The normalized spacial score (nSPS) is 11.2. The van der Waals surface area contributed by atoms with E-state index in [0.29, 0.717) is 11.5 Å². The molecule has 35 heavy (non-hydrogen) atoms. The Kier molecular flexibility index (Phi) is 7.07. The fraction of sp³-hybridized carbons (Fsp3) is 0.231. The maximum atomic E-state index is 14.0. The van der Waals surface area contributed by atoms with Gasteiger partial charge in [0.05, 0.1) is 11.4 Å². The molecule has 9 heteroatoms. The summed E-state index contributed by atoms with van der Waals surface area (Å²) in [4.78, 5) is 26.7. The summed E-state index contributed by atoms with van der Waals surface area (Å²) in [5.41, 5.74) is 2.88. The Morgan fingerprint density at radius 1 is 1.06 bits per heavy atom. The molecule has 6 nitrogen and oxygen atoms in total. The molecule has 0 unspecified atom stereocenters. The molecule has 0 bridgehead atoms. The fourth-order valence-electron chi connectivity index (χ4n) is 3.57. The summed E-state index contributed by atoms with van der Waals surface area (Å²) in [6.45, 7) is 7.44. The maximum absolute atomic E-state index is 14.0. The molecule has 2 heterocycles. The first-order valence-electron chi connectivity index (χ1n) is 11.0. The first-order chi connectivity index (χ1) is 16.7. The summed E-state index contributed by atoms with van der Waals surface area (Å²) in [5.74, 6) is -0.0764. The topological polar surface area (TPSA) is 69.9 Å². The summed E-state index contributed by atoms with van der Waals surface area (Å²) < 4.78 is 34.3. The second-order valence-electron chi connectivity index (χ2n) is 8.40. The minimum atomic E-state index is -0.732. The number of ether oxygens (including phenoxy) is 1. The Bertz CT molecular complexity index is 1470. The monoisotopic (exact) mass is 540 g/mol. The van der Waals surface area contributed by atoms with E-state index in [1.54, 1.807) is 13.1 Å². The second-order valence-corrected chi connectivity index (χ2v) is 9.19. The Morgan fingerprint density at radius 2 is 1.83 bits per heavy atom. The van der Waals surface area contributed by atoms with E-state index < -0.39 is 11.6 Å². The van der Waals surface area contributed by atoms with Gasteiger partial charge in [-0.3, -0.25) is 9.36 Å². The molecule has 0 N–H and O–H groups in total. The van der Waals surface area contributed by atoms with Gasteiger partial charge in [-0.15, -0.1) is 0 Å². The van der Waals surface area contributed by atoms with Crippen molar-refractivity contribution in [3.63, 3.8) is 0 Å². The third-order valence-electron chi connectivity index (χ3n) is 5.48. The average Bonchev–Trinajstić information content (AvgIpc) is 2.82.